The summed E-state index contributed by atoms with van der Waals surface area (Å²) >= 11 is 3.26. The van der Waals surface area contributed by atoms with E-state index in [2.05, 4.69) is 21.2 Å². The van der Waals surface area contributed by atoms with Crippen molar-refractivity contribution in [3.63, 3.8) is 0 Å². The number of carboxylic acid groups (broad SMARTS) is 1. The first kappa shape index (κ1) is 14.3. The van der Waals surface area contributed by atoms with E-state index < -0.39 is 11.9 Å². The maximum Gasteiger partial charge on any atom is 0.339 e. The molecule has 2 N–H and O–H groups in total. The third-order valence-corrected chi connectivity index (χ3v) is 3.51. The van der Waals surface area contributed by atoms with E-state index in [0.29, 0.717) is 34.5 Å². The van der Waals surface area contributed by atoms with Gasteiger partial charge in [-0.05, 0) is 34.8 Å². The van der Waals surface area contributed by atoms with Gasteiger partial charge in [-0.15, -0.1) is 0 Å². The zero-order chi connectivity index (χ0) is 14.7. The molecule has 7 heteroatoms. The minimum absolute atomic E-state index is 0.0601. The molecule has 0 aromatic heterocycles. The Morgan fingerprint density at radius 3 is 2.95 bits per heavy atom. The molecule has 0 atom stereocenters. The smallest absolute Gasteiger partial charge is 0.339 e. The second-order valence-electron chi connectivity index (χ2n) is 4.23. The minimum atomic E-state index is -1.08. The van der Waals surface area contributed by atoms with Crippen molar-refractivity contribution in [1.82, 2.24) is 0 Å². The van der Waals surface area contributed by atoms with E-state index in [0.717, 1.165) is 6.42 Å². The van der Waals surface area contributed by atoms with E-state index in [1.54, 1.807) is 6.07 Å². The second kappa shape index (κ2) is 5.92. The highest BCUT2D eigenvalue weighted by Crippen LogP contribution is 2.40. The Labute approximate surface area is 123 Å². The fraction of sp³-hybridized carbons (Fsp3) is 0.308. The number of halogens is 1. The van der Waals surface area contributed by atoms with Gasteiger partial charge in [0.05, 0.1) is 18.4 Å². The van der Waals surface area contributed by atoms with Crippen LogP contribution in [0, 0.1) is 11.3 Å². The van der Waals surface area contributed by atoms with Crippen LogP contribution in [0.15, 0.2) is 10.5 Å². The average molecular weight is 339 g/mol. The van der Waals surface area contributed by atoms with Crippen LogP contribution in [0.5, 0.6) is 5.75 Å². The number of carbonyl (C=O) groups excluding carboxylic acids is 1. The molecule has 2 rings (SSSR count). The quantitative estimate of drug-likeness (QED) is 0.880. The summed E-state index contributed by atoms with van der Waals surface area (Å²) < 4.78 is 5.90. The standard InChI is InChI=1S/C13H11BrN2O4/c14-9-6-8(13(18)19)12-7(2-1-5-20-12)11(9)16-10(17)3-4-15/h6H,1-3,5H2,(H,16,17)(H,18,19). The van der Waals surface area contributed by atoms with Crippen molar-refractivity contribution in [3.05, 3.63) is 21.7 Å². The number of carbonyl (C=O) groups is 2. The molecule has 1 amide bonds. The summed E-state index contributed by atoms with van der Waals surface area (Å²) in [6.07, 6.45) is 1.09. The Morgan fingerprint density at radius 1 is 1.55 bits per heavy atom. The number of hydrogen-bond acceptors (Lipinski definition) is 4. The first-order valence-electron chi connectivity index (χ1n) is 5.93. The Bertz CT molecular complexity index is 622. The Balaban J connectivity index is 2.50. The zero-order valence-corrected chi connectivity index (χ0v) is 12.0. The van der Waals surface area contributed by atoms with Crippen LogP contribution in [-0.4, -0.2) is 23.6 Å². The molecular formula is C13H11BrN2O4. The van der Waals surface area contributed by atoms with Crippen LogP contribution in [0.2, 0.25) is 0 Å². The second-order valence-corrected chi connectivity index (χ2v) is 5.08. The molecule has 0 spiro atoms. The van der Waals surface area contributed by atoms with Gasteiger partial charge in [0, 0.05) is 10.0 Å². The summed E-state index contributed by atoms with van der Waals surface area (Å²) in [6, 6.07) is 3.16. The first-order valence-corrected chi connectivity index (χ1v) is 6.72. The highest BCUT2D eigenvalue weighted by atomic mass is 79.9. The number of nitrogens with one attached hydrogen (secondary N) is 1. The van der Waals surface area contributed by atoms with Crippen LogP contribution in [0.25, 0.3) is 0 Å². The molecule has 104 valence electrons. The molecule has 0 aliphatic carbocycles. The molecule has 20 heavy (non-hydrogen) atoms. The van der Waals surface area contributed by atoms with Crippen LogP contribution < -0.4 is 10.1 Å². The molecule has 0 saturated carbocycles. The topological polar surface area (TPSA) is 99.4 Å². The number of anilines is 1. The van der Waals surface area contributed by atoms with Crippen LogP contribution in [0.1, 0.15) is 28.8 Å². The Morgan fingerprint density at radius 2 is 2.30 bits per heavy atom. The lowest BCUT2D eigenvalue weighted by Crippen LogP contribution is -2.18. The number of benzene rings is 1. The molecule has 0 radical (unpaired) electrons. The van der Waals surface area contributed by atoms with Gasteiger partial charge in [0.15, 0.2) is 0 Å². The molecule has 0 fully saturated rings. The fourth-order valence-electron chi connectivity index (χ4n) is 2.06. The lowest BCUT2D eigenvalue weighted by Gasteiger charge is -2.23. The SMILES string of the molecule is N#CCC(=O)Nc1c(Br)cc(C(=O)O)c2c1CCCO2. The normalized spacial score (nSPS) is 12.8. The van der Waals surface area contributed by atoms with Crippen molar-refractivity contribution in [1.29, 1.82) is 5.26 Å². The summed E-state index contributed by atoms with van der Waals surface area (Å²) in [5.74, 6) is -1.23. The summed E-state index contributed by atoms with van der Waals surface area (Å²) in [7, 11) is 0. The lowest BCUT2D eigenvalue weighted by molar-refractivity contribution is -0.115. The van der Waals surface area contributed by atoms with Gasteiger partial charge < -0.3 is 15.2 Å². The predicted octanol–water partition coefficient (Wildman–Crippen LogP) is 2.32. The van der Waals surface area contributed by atoms with Gasteiger partial charge in [-0.2, -0.15) is 5.26 Å². The van der Waals surface area contributed by atoms with Crippen molar-refractivity contribution in [2.45, 2.75) is 19.3 Å². The molecule has 1 heterocycles. The number of nitriles is 1. The average Bonchev–Trinajstić information content (AvgIpc) is 2.41. The zero-order valence-electron chi connectivity index (χ0n) is 10.4. The summed E-state index contributed by atoms with van der Waals surface area (Å²) in [5, 5.41) is 20.3. The fourth-order valence-corrected chi connectivity index (χ4v) is 2.63. The van der Waals surface area contributed by atoms with E-state index in [4.69, 9.17) is 10.00 Å². The number of carboxylic acids is 1. The maximum absolute atomic E-state index is 11.6. The van der Waals surface area contributed by atoms with Crippen molar-refractivity contribution >= 4 is 33.5 Å². The third kappa shape index (κ3) is 2.75. The molecule has 0 unspecified atom stereocenters. The highest BCUT2D eigenvalue weighted by Gasteiger charge is 2.25. The van der Waals surface area contributed by atoms with E-state index in [1.165, 1.54) is 6.07 Å². The number of hydrogen-bond donors (Lipinski definition) is 2. The van der Waals surface area contributed by atoms with Gasteiger partial charge in [0.2, 0.25) is 5.91 Å². The van der Waals surface area contributed by atoms with Crippen molar-refractivity contribution < 1.29 is 19.4 Å². The van der Waals surface area contributed by atoms with E-state index in [9.17, 15) is 14.7 Å². The van der Waals surface area contributed by atoms with Gasteiger partial charge in [0.1, 0.15) is 17.7 Å². The van der Waals surface area contributed by atoms with Gasteiger partial charge in [-0.25, -0.2) is 4.79 Å². The third-order valence-electron chi connectivity index (χ3n) is 2.88. The minimum Gasteiger partial charge on any atom is -0.492 e. The number of fused-ring (bicyclic) bond motifs is 1. The molecule has 1 aliphatic rings. The van der Waals surface area contributed by atoms with Gasteiger partial charge in [-0.3, -0.25) is 4.79 Å². The van der Waals surface area contributed by atoms with E-state index >= 15 is 0 Å². The summed E-state index contributed by atoms with van der Waals surface area (Å²) in [5.41, 5.74) is 1.18. The Kier molecular flexibility index (Phi) is 4.25. The molecule has 1 aromatic rings. The van der Waals surface area contributed by atoms with E-state index in [-0.39, 0.29) is 12.0 Å². The van der Waals surface area contributed by atoms with Crippen LogP contribution in [-0.2, 0) is 11.2 Å². The molecule has 1 aromatic carbocycles. The largest absolute Gasteiger partial charge is 0.492 e. The van der Waals surface area contributed by atoms with Crippen LogP contribution in [0.3, 0.4) is 0 Å². The van der Waals surface area contributed by atoms with Gasteiger partial charge >= 0.3 is 5.97 Å². The van der Waals surface area contributed by atoms with Crippen LogP contribution in [0.4, 0.5) is 5.69 Å². The van der Waals surface area contributed by atoms with E-state index in [1.807, 2.05) is 0 Å². The number of ether oxygens (including phenoxy) is 1. The first-order chi connectivity index (χ1) is 9.54. The monoisotopic (exact) mass is 338 g/mol. The number of rotatable bonds is 3. The molecule has 6 nitrogen and oxygen atoms in total. The highest BCUT2D eigenvalue weighted by molar-refractivity contribution is 9.10. The predicted molar refractivity (Wildman–Crippen MR) is 73.8 cm³/mol. The maximum atomic E-state index is 11.6. The molecule has 0 saturated heterocycles. The molecule has 0 bridgehead atoms. The number of nitrogens with zero attached hydrogens (tertiary/aromatic N) is 1. The van der Waals surface area contributed by atoms with Crippen molar-refractivity contribution in [2.24, 2.45) is 0 Å². The number of amides is 1. The Hall–Kier alpha value is -2.07. The van der Waals surface area contributed by atoms with Crippen molar-refractivity contribution in [3.8, 4) is 11.8 Å². The lowest BCUT2D eigenvalue weighted by atomic mass is 10.00. The van der Waals surface area contributed by atoms with Gasteiger partial charge in [-0.1, -0.05) is 0 Å². The summed E-state index contributed by atoms with van der Waals surface area (Å²) in [6.45, 7) is 0.445. The number of aromatic carboxylic acids is 1. The van der Waals surface area contributed by atoms with Crippen molar-refractivity contribution in [2.75, 3.05) is 11.9 Å². The van der Waals surface area contributed by atoms with Gasteiger partial charge in [0.25, 0.3) is 0 Å². The molecular weight excluding hydrogens is 328 g/mol. The van der Waals surface area contributed by atoms with Crippen LogP contribution >= 0.6 is 15.9 Å². The molecule has 1 aliphatic heterocycles. The summed E-state index contributed by atoms with van der Waals surface area (Å²) in [4.78, 5) is 22.8.